The topological polar surface area (TPSA) is 114 Å². The molecular formula is C30H38N2O5. The maximum atomic E-state index is 12.6. The highest BCUT2D eigenvalue weighted by Gasteiger charge is 2.28. The lowest BCUT2D eigenvalue weighted by atomic mass is 9.87. The maximum absolute atomic E-state index is 12.6. The molecule has 1 aliphatic rings. The van der Waals surface area contributed by atoms with Crippen molar-refractivity contribution in [1.29, 1.82) is 0 Å². The first-order chi connectivity index (χ1) is 17.9. The fraction of sp³-hybridized carbons (Fsp3) is 0.400. The van der Waals surface area contributed by atoms with Crippen LogP contribution in [0.15, 0.2) is 61.2 Å². The van der Waals surface area contributed by atoms with Crippen LogP contribution >= 0.6 is 0 Å². The van der Waals surface area contributed by atoms with E-state index in [0.29, 0.717) is 22.7 Å². The highest BCUT2D eigenvalue weighted by atomic mass is 16.5. The van der Waals surface area contributed by atoms with E-state index in [0.717, 1.165) is 63.5 Å². The van der Waals surface area contributed by atoms with Crippen LogP contribution in [0.25, 0.3) is 6.08 Å². The fourth-order valence-electron chi connectivity index (χ4n) is 4.24. The van der Waals surface area contributed by atoms with Gasteiger partial charge in [-0.25, -0.2) is 4.79 Å². The number of hydrogen-bond donors (Lipinski definition) is 2. The number of benzene rings is 2. The van der Waals surface area contributed by atoms with Gasteiger partial charge in [0.05, 0.1) is 12.0 Å². The third-order valence-corrected chi connectivity index (χ3v) is 6.46. The summed E-state index contributed by atoms with van der Waals surface area (Å²) in [6.07, 6.45) is 13.0. The summed E-state index contributed by atoms with van der Waals surface area (Å²) in [6.45, 7) is 4.57. The standard InChI is InChI=1S/C30H38N2O5/c1-2-3-4-5-6-19-35-26-15-10-23(11-16-26)30(34)37-27-13-7-22(8-14-27)9-18-29(33)36-21-24-20-25(31)12-17-28(24)32/h2,7-9,12-14,17-18,20,23,26H,1,3-6,10-11,15-16,19,21,31-32H2/b18-9+. The van der Waals surface area contributed by atoms with Crippen LogP contribution < -0.4 is 16.2 Å². The number of unbranched alkanes of at least 4 members (excludes halogenated alkanes) is 3. The van der Waals surface area contributed by atoms with E-state index in [-0.39, 0.29) is 24.6 Å². The fourth-order valence-corrected chi connectivity index (χ4v) is 4.24. The van der Waals surface area contributed by atoms with E-state index in [1.54, 1.807) is 48.5 Å². The normalized spacial score (nSPS) is 17.4. The van der Waals surface area contributed by atoms with Gasteiger partial charge in [-0.2, -0.15) is 0 Å². The number of carbonyl (C=O) groups excluding carboxylic acids is 2. The van der Waals surface area contributed by atoms with Crippen LogP contribution in [0.2, 0.25) is 0 Å². The smallest absolute Gasteiger partial charge is 0.331 e. The molecular weight excluding hydrogens is 468 g/mol. The van der Waals surface area contributed by atoms with Crippen LogP contribution in [-0.2, 0) is 25.7 Å². The van der Waals surface area contributed by atoms with Crippen molar-refractivity contribution in [2.75, 3.05) is 18.1 Å². The second kappa shape index (κ2) is 14.9. The Labute approximate surface area is 219 Å². The second-order valence-electron chi connectivity index (χ2n) is 9.37. The Hall–Kier alpha value is -3.58. The molecule has 2 aromatic rings. The molecule has 0 aliphatic heterocycles. The Balaban J connectivity index is 1.36. The van der Waals surface area contributed by atoms with E-state index in [1.807, 2.05) is 6.08 Å². The summed E-state index contributed by atoms with van der Waals surface area (Å²) < 4.78 is 16.8. The van der Waals surface area contributed by atoms with Crippen molar-refractivity contribution in [2.45, 2.75) is 64.1 Å². The lowest BCUT2D eigenvalue weighted by Crippen LogP contribution is -2.29. The van der Waals surface area contributed by atoms with Crippen LogP contribution in [0.1, 0.15) is 62.5 Å². The molecule has 1 fully saturated rings. The summed E-state index contributed by atoms with van der Waals surface area (Å²) in [5.41, 5.74) is 14.1. The van der Waals surface area contributed by atoms with Crippen LogP contribution in [-0.4, -0.2) is 24.6 Å². The quantitative estimate of drug-likeness (QED) is 0.0876. The third-order valence-electron chi connectivity index (χ3n) is 6.46. The van der Waals surface area contributed by atoms with Gasteiger partial charge in [-0.1, -0.05) is 24.6 Å². The predicted octanol–water partition coefficient (Wildman–Crippen LogP) is 5.83. The predicted molar refractivity (Wildman–Crippen MR) is 147 cm³/mol. The SMILES string of the molecule is C=CCCCCCOC1CCC(C(=O)Oc2ccc(/C=C/C(=O)OCc3cc(N)ccc3N)cc2)CC1. The van der Waals surface area contributed by atoms with Crippen molar-refractivity contribution in [3.05, 3.63) is 72.3 Å². The van der Waals surface area contributed by atoms with E-state index >= 15 is 0 Å². The molecule has 198 valence electrons. The number of esters is 2. The average Bonchev–Trinajstić information content (AvgIpc) is 2.91. The summed E-state index contributed by atoms with van der Waals surface area (Å²) >= 11 is 0. The molecule has 0 unspecified atom stereocenters. The van der Waals surface area contributed by atoms with Crippen molar-refractivity contribution in [3.63, 3.8) is 0 Å². The molecule has 0 aromatic heterocycles. The number of ether oxygens (including phenoxy) is 3. The lowest BCUT2D eigenvalue weighted by molar-refractivity contribution is -0.141. The van der Waals surface area contributed by atoms with Crippen LogP contribution in [0.5, 0.6) is 5.75 Å². The second-order valence-corrected chi connectivity index (χ2v) is 9.37. The zero-order valence-electron chi connectivity index (χ0n) is 21.4. The Morgan fingerprint density at radius 2 is 1.73 bits per heavy atom. The van der Waals surface area contributed by atoms with Gasteiger partial charge in [0.15, 0.2) is 0 Å². The van der Waals surface area contributed by atoms with Gasteiger partial charge in [-0.3, -0.25) is 4.79 Å². The average molecular weight is 507 g/mol. The molecule has 1 saturated carbocycles. The zero-order chi connectivity index (χ0) is 26.5. The van der Waals surface area contributed by atoms with Gasteiger partial charge in [0.2, 0.25) is 0 Å². The Bertz CT molecular complexity index is 1060. The molecule has 0 spiro atoms. The van der Waals surface area contributed by atoms with Crippen molar-refractivity contribution >= 4 is 29.4 Å². The Morgan fingerprint density at radius 3 is 2.46 bits per heavy atom. The highest BCUT2D eigenvalue weighted by Crippen LogP contribution is 2.28. The third kappa shape index (κ3) is 9.77. The number of carbonyl (C=O) groups is 2. The number of rotatable bonds is 13. The molecule has 7 nitrogen and oxygen atoms in total. The molecule has 0 saturated heterocycles. The minimum atomic E-state index is -0.496. The minimum Gasteiger partial charge on any atom is -0.458 e. The molecule has 0 radical (unpaired) electrons. The Morgan fingerprint density at radius 1 is 0.973 bits per heavy atom. The van der Waals surface area contributed by atoms with Gasteiger partial charge >= 0.3 is 11.9 Å². The first-order valence-electron chi connectivity index (χ1n) is 13.0. The summed E-state index contributed by atoms with van der Waals surface area (Å²) in [7, 11) is 0. The van der Waals surface area contributed by atoms with Gasteiger partial charge < -0.3 is 25.7 Å². The van der Waals surface area contributed by atoms with Crippen LogP contribution in [0.3, 0.4) is 0 Å². The molecule has 0 bridgehead atoms. The van der Waals surface area contributed by atoms with E-state index < -0.39 is 5.97 Å². The first kappa shape index (κ1) is 28.0. The van der Waals surface area contributed by atoms with Gasteiger partial charge in [0.25, 0.3) is 0 Å². The molecule has 0 atom stereocenters. The van der Waals surface area contributed by atoms with Crippen LogP contribution in [0.4, 0.5) is 11.4 Å². The summed E-state index contributed by atoms with van der Waals surface area (Å²) in [5, 5.41) is 0. The molecule has 37 heavy (non-hydrogen) atoms. The summed E-state index contributed by atoms with van der Waals surface area (Å²) in [4.78, 5) is 24.7. The van der Waals surface area contributed by atoms with E-state index in [1.165, 1.54) is 6.08 Å². The summed E-state index contributed by atoms with van der Waals surface area (Å²) in [6, 6.07) is 12.0. The Kier molecular flexibility index (Phi) is 11.2. The van der Waals surface area contributed by atoms with E-state index in [9.17, 15) is 9.59 Å². The van der Waals surface area contributed by atoms with Crippen molar-refractivity contribution in [1.82, 2.24) is 0 Å². The van der Waals surface area contributed by atoms with E-state index in [4.69, 9.17) is 25.7 Å². The van der Waals surface area contributed by atoms with Crippen LogP contribution in [0, 0.1) is 5.92 Å². The molecule has 3 rings (SSSR count). The number of allylic oxidation sites excluding steroid dienone is 1. The molecule has 0 heterocycles. The van der Waals surface area contributed by atoms with Gasteiger partial charge in [-0.05, 0) is 86.9 Å². The number of nitrogens with two attached hydrogens (primary N) is 2. The van der Waals surface area contributed by atoms with Crippen molar-refractivity contribution < 1.29 is 23.8 Å². The number of anilines is 2. The van der Waals surface area contributed by atoms with Crippen molar-refractivity contribution in [2.24, 2.45) is 5.92 Å². The first-order valence-corrected chi connectivity index (χ1v) is 13.0. The molecule has 0 amide bonds. The molecule has 1 aliphatic carbocycles. The van der Waals surface area contributed by atoms with E-state index in [2.05, 4.69) is 6.58 Å². The van der Waals surface area contributed by atoms with Gasteiger partial charge in [0.1, 0.15) is 12.4 Å². The van der Waals surface area contributed by atoms with Crippen molar-refractivity contribution in [3.8, 4) is 5.75 Å². The number of nitrogen functional groups attached to an aromatic ring is 2. The van der Waals surface area contributed by atoms with Gasteiger partial charge in [0, 0.05) is 29.6 Å². The molecule has 7 heteroatoms. The monoisotopic (exact) mass is 506 g/mol. The summed E-state index contributed by atoms with van der Waals surface area (Å²) in [5.74, 6) is -0.310. The molecule has 4 N–H and O–H groups in total. The minimum absolute atomic E-state index is 0.0407. The lowest BCUT2D eigenvalue weighted by Gasteiger charge is -2.27. The highest BCUT2D eigenvalue weighted by molar-refractivity contribution is 5.87. The largest absolute Gasteiger partial charge is 0.458 e. The zero-order valence-corrected chi connectivity index (χ0v) is 21.4. The molecule has 2 aromatic carbocycles. The van der Waals surface area contributed by atoms with Gasteiger partial charge in [-0.15, -0.1) is 6.58 Å². The maximum Gasteiger partial charge on any atom is 0.331 e. The number of hydrogen-bond acceptors (Lipinski definition) is 7.